The Labute approximate surface area is 95.0 Å². The summed E-state index contributed by atoms with van der Waals surface area (Å²) >= 11 is 0. The zero-order valence-electron chi connectivity index (χ0n) is 9.07. The minimum atomic E-state index is 0.545. The van der Waals surface area contributed by atoms with Crippen LogP contribution in [-0.4, -0.2) is 19.8 Å². The average molecular weight is 217 g/mol. The Balaban J connectivity index is 2.00. The Kier molecular flexibility index (Phi) is 3.28. The SMILES string of the molecule is N#Cc1cc(N)ccc1NCC1CCOC1. The van der Waals surface area contributed by atoms with E-state index in [1.807, 2.05) is 6.07 Å². The molecule has 1 atom stereocenters. The molecule has 2 rings (SSSR count). The average Bonchev–Trinajstić information content (AvgIpc) is 2.80. The lowest BCUT2D eigenvalue weighted by Crippen LogP contribution is -2.14. The molecule has 1 aliphatic rings. The van der Waals surface area contributed by atoms with E-state index in [-0.39, 0.29) is 0 Å². The number of benzene rings is 1. The number of nitriles is 1. The van der Waals surface area contributed by atoms with Crippen molar-refractivity contribution in [3.8, 4) is 6.07 Å². The number of nitrogen functional groups attached to an aromatic ring is 1. The third-order valence-electron chi connectivity index (χ3n) is 2.77. The summed E-state index contributed by atoms with van der Waals surface area (Å²) in [6.07, 6.45) is 1.09. The highest BCUT2D eigenvalue weighted by Gasteiger charge is 2.15. The van der Waals surface area contributed by atoms with Gasteiger partial charge in [0.15, 0.2) is 0 Å². The number of nitrogens with two attached hydrogens (primary N) is 1. The lowest BCUT2D eigenvalue weighted by Gasteiger charge is -2.12. The van der Waals surface area contributed by atoms with Gasteiger partial charge in [0.05, 0.1) is 17.9 Å². The summed E-state index contributed by atoms with van der Waals surface area (Å²) in [4.78, 5) is 0. The van der Waals surface area contributed by atoms with Crippen LogP contribution in [0.3, 0.4) is 0 Å². The van der Waals surface area contributed by atoms with E-state index in [0.29, 0.717) is 17.2 Å². The zero-order chi connectivity index (χ0) is 11.4. The van der Waals surface area contributed by atoms with Crippen LogP contribution in [0.15, 0.2) is 18.2 Å². The third kappa shape index (κ3) is 2.44. The Hall–Kier alpha value is -1.73. The first-order valence-corrected chi connectivity index (χ1v) is 5.41. The first-order valence-electron chi connectivity index (χ1n) is 5.41. The summed E-state index contributed by atoms with van der Waals surface area (Å²) < 4.78 is 5.30. The zero-order valence-corrected chi connectivity index (χ0v) is 9.07. The van der Waals surface area contributed by atoms with Gasteiger partial charge in [-0.1, -0.05) is 0 Å². The van der Waals surface area contributed by atoms with Crippen LogP contribution in [0.4, 0.5) is 11.4 Å². The monoisotopic (exact) mass is 217 g/mol. The fourth-order valence-corrected chi connectivity index (χ4v) is 1.81. The van der Waals surface area contributed by atoms with E-state index in [2.05, 4.69) is 11.4 Å². The van der Waals surface area contributed by atoms with Gasteiger partial charge in [0.2, 0.25) is 0 Å². The van der Waals surface area contributed by atoms with Gasteiger partial charge in [-0.05, 0) is 24.6 Å². The predicted octanol–water partition coefficient (Wildman–Crippen LogP) is 1.59. The number of nitrogens with one attached hydrogen (secondary N) is 1. The van der Waals surface area contributed by atoms with E-state index < -0.39 is 0 Å². The van der Waals surface area contributed by atoms with Crippen molar-refractivity contribution < 1.29 is 4.74 Å². The third-order valence-corrected chi connectivity index (χ3v) is 2.77. The molecular weight excluding hydrogens is 202 g/mol. The van der Waals surface area contributed by atoms with E-state index >= 15 is 0 Å². The number of hydrogen-bond acceptors (Lipinski definition) is 4. The van der Waals surface area contributed by atoms with Crippen molar-refractivity contribution in [1.82, 2.24) is 0 Å². The van der Waals surface area contributed by atoms with Crippen LogP contribution in [0.5, 0.6) is 0 Å². The highest BCUT2D eigenvalue weighted by atomic mass is 16.5. The number of anilines is 2. The lowest BCUT2D eigenvalue weighted by molar-refractivity contribution is 0.187. The molecule has 4 heteroatoms. The van der Waals surface area contributed by atoms with Gasteiger partial charge in [-0.2, -0.15) is 5.26 Å². The van der Waals surface area contributed by atoms with Gasteiger partial charge < -0.3 is 15.8 Å². The highest BCUT2D eigenvalue weighted by Crippen LogP contribution is 2.19. The Morgan fingerprint density at radius 1 is 1.56 bits per heavy atom. The largest absolute Gasteiger partial charge is 0.399 e. The molecular formula is C12H15N3O. The van der Waals surface area contributed by atoms with E-state index in [9.17, 15) is 0 Å². The van der Waals surface area contributed by atoms with Crippen LogP contribution >= 0.6 is 0 Å². The van der Waals surface area contributed by atoms with Gasteiger partial charge in [0.1, 0.15) is 6.07 Å². The van der Waals surface area contributed by atoms with Crippen molar-refractivity contribution in [2.75, 3.05) is 30.8 Å². The van der Waals surface area contributed by atoms with Crippen LogP contribution in [-0.2, 0) is 4.74 Å². The van der Waals surface area contributed by atoms with Crippen LogP contribution in [0.25, 0.3) is 0 Å². The molecule has 1 aromatic rings. The molecule has 0 aliphatic carbocycles. The number of nitrogens with zero attached hydrogens (tertiary/aromatic N) is 1. The maximum Gasteiger partial charge on any atom is 0.101 e. The normalized spacial score (nSPS) is 19.3. The summed E-state index contributed by atoms with van der Waals surface area (Å²) in [5.41, 5.74) is 7.69. The molecule has 4 nitrogen and oxygen atoms in total. The first-order chi connectivity index (χ1) is 7.79. The Bertz CT molecular complexity index is 405. The van der Waals surface area contributed by atoms with Crippen molar-refractivity contribution in [2.24, 2.45) is 5.92 Å². The molecule has 0 bridgehead atoms. The van der Waals surface area contributed by atoms with Crippen molar-refractivity contribution in [3.63, 3.8) is 0 Å². The van der Waals surface area contributed by atoms with E-state index in [0.717, 1.165) is 31.9 Å². The second-order valence-corrected chi connectivity index (χ2v) is 4.03. The van der Waals surface area contributed by atoms with E-state index in [1.165, 1.54) is 0 Å². The molecule has 1 saturated heterocycles. The molecule has 1 fully saturated rings. The quantitative estimate of drug-likeness (QED) is 0.754. The number of hydrogen-bond donors (Lipinski definition) is 2. The molecule has 1 unspecified atom stereocenters. The molecule has 1 aromatic carbocycles. The van der Waals surface area contributed by atoms with Crippen LogP contribution < -0.4 is 11.1 Å². The van der Waals surface area contributed by atoms with Crippen molar-refractivity contribution in [2.45, 2.75) is 6.42 Å². The minimum absolute atomic E-state index is 0.545. The van der Waals surface area contributed by atoms with Crippen molar-refractivity contribution >= 4 is 11.4 Å². The Morgan fingerprint density at radius 3 is 3.12 bits per heavy atom. The van der Waals surface area contributed by atoms with Crippen LogP contribution in [0.2, 0.25) is 0 Å². The number of rotatable bonds is 3. The molecule has 1 aliphatic heterocycles. The van der Waals surface area contributed by atoms with Gasteiger partial charge in [0.25, 0.3) is 0 Å². The first kappa shape index (κ1) is 10.8. The van der Waals surface area contributed by atoms with E-state index in [4.69, 9.17) is 15.7 Å². The number of ether oxygens (including phenoxy) is 1. The molecule has 0 aromatic heterocycles. The summed E-state index contributed by atoms with van der Waals surface area (Å²) in [5.74, 6) is 0.545. The van der Waals surface area contributed by atoms with Crippen LogP contribution in [0.1, 0.15) is 12.0 Å². The van der Waals surface area contributed by atoms with Crippen molar-refractivity contribution in [3.05, 3.63) is 23.8 Å². The summed E-state index contributed by atoms with van der Waals surface area (Å²) in [7, 11) is 0. The van der Waals surface area contributed by atoms with Gasteiger partial charge in [-0.3, -0.25) is 0 Å². The molecule has 0 saturated carbocycles. The maximum atomic E-state index is 8.96. The van der Waals surface area contributed by atoms with Gasteiger partial charge in [-0.25, -0.2) is 0 Å². The van der Waals surface area contributed by atoms with Crippen molar-refractivity contribution in [1.29, 1.82) is 5.26 Å². The molecule has 0 spiro atoms. The van der Waals surface area contributed by atoms with Gasteiger partial charge in [0, 0.05) is 24.8 Å². The topological polar surface area (TPSA) is 71.1 Å². The minimum Gasteiger partial charge on any atom is -0.399 e. The predicted molar refractivity (Wildman–Crippen MR) is 63.0 cm³/mol. The van der Waals surface area contributed by atoms with Gasteiger partial charge >= 0.3 is 0 Å². The summed E-state index contributed by atoms with van der Waals surface area (Å²) in [5, 5.41) is 12.2. The second-order valence-electron chi connectivity index (χ2n) is 4.03. The molecule has 16 heavy (non-hydrogen) atoms. The molecule has 0 amide bonds. The van der Waals surface area contributed by atoms with Gasteiger partial charge in [-0.15, -0.1) is 0 Å². The highest BCUT2D eigenvalue weighted by molar-refractivity contribution is 5.62. The fourth-order valence-electron chi connectivity index (χ4n) is 1.81. The molecule has 3 N–H and O–H groups in total. The molecule has 0 radical (unpaired) electrons. The summed E-state index contributed by atoms with van der Waals surface area (Å²) in [6, 6.07) is 7.48. The standard InChI is InChI=1S/C12H15N3O/c13-6-10-5-11(14)1-2-12(10)15-7-9-3-4-16-8-9/h1-2,5,9,15H,3-4,7-8,14H2. The Morgan fingerprint density at radius 2 is 2.44 bits per heavy atom. The summed E-state index contributed by atoms with van der Waals surface area (Å²) in [6.45, 7) is 2.50. The van der Waals surface area contributed by atoms with E-state index in [1.54, 1.807) is 12.1 Å². The molecule has 1 heterocycles. The molecule has 84 valence electrons. The fraction of sp³-hybridized carbons (Fsp3) is 0.417. The maximum absolute atomic E-state index is 8.96. The van der Waals surface area contributed by atoms with Crippen LogP contribution in [0, 0.1) is 17.2 Å². The second kappa shape index (κ2) is 4.86. The lowest BCUT2D eigenvalue weighted by atomic mass is 10.1. The smallest absolute Gasteiger partial charge is 0.101 e.